The highest BCUT2D eigenvalue weighted by atomic mass is 19.1. The Bertz CT molecular complexity index is 383. The van der Waals surface area contributed by atoms with E-state index in [0.29, 0.717) is 12.0 Å². The zero-order valence-electron chi connectivity index (χ0n) is 9.11. The lowest BCUT2D eigenvalue weighted by Gasteiger charge is -2.15. The van der Waals surface area contributed by atoms with Gasteiger partial charge in [-0.1, -0.05) is 18.2 Å². The molecule has 1 aromatic rings. The van der Waals surface area contributed by atoms with E-state index in [1.165, 1.54) is 6.07 Å². The highest BCUT2D eigenvalue weighted by Crippen LogP contribution is 2.18. The fourth-order valence-electron chi connectivity index (χ4n) is 2.08. The van der Waals surface area contributed by atoms with Gasteiger partial charge in [0.2, 0.25) is 0 Å². The minimum absolute atomic E-state index is 0.0376. The molecule has 3 nitrogen and oxygen atoms in total. The van der Waals surface area contributed by atoms with Gasteiger partial charge < -0.3 is 4.79 Å². The third kappa shape index (κ3) is 2.13. The molecule has 0 amide bonds. The summed E-state index contributed by atoms with van der Waals surface area (Å²) in [6.45, 7) is 1.94. The lowest BCUT2D eigenvalue weighted by Crippen LogP contribution is -2.34. The average Bonchev–Trinajstić information content (AvgIpc) is 2.63. The third-order valence-electron chi connectivity index (χ3n) is 3.09. The minimum atomic E-state index is -0.214. The number of hydrogen-bond acceptors (Lipinski definition) is 3. The Morgan fingerprint density at radius 1 is 1.38 bits per heavy atom. The number of hydrazine groups is 1. The van der Waals surface area contributed by atoms with E-state index in [0.717, 1.165) is 6.29 Å². The summed E-state index contributed by atoms with van der Waals surface area (Å²) in [4.78, 5) is 10.9. The zero-order valence-corrected chi connectivity index (χ0v) is 9.11. The van der Waals surface area contributed by atoms with E-state index in [2.05, 4.69) is 10.9 Å². The third-order valence-corrected chi connectivity index (χ3v) is 3.09. The second kappa shape index (κ2) is 4.72. The van der Waals surface area contributed by atoms with Gasteiger partial charge in [0.1, 0.15) is 12.1 Å². The number of carbonyl (C=O) groups is 1. The number of carbonyl (C=O) groups excluding carboxylic acids is 1. The standard InChI is InChI=1S/C12H15FN2O/c1-8-10(7-16)12(15-14-8)6-9-4-2-3-5-11(9)13/h2-5,7-8,10,12,14-15H,6H2,1H3. The molecular weight excluding hydrogens is 207 g/mol. The van der Waals surface area contributed by atoms with Crippen LogP contribution in [0.1, 0.15) is 12.5 Å². The van der Waals surface area contributed by atoms with Gasteiger partial charge in [-0.05, 0) is 25.0 Å². The number of benzene rings is 1. The normalized spacial score (nSPS) is 29.2. The van der Waals surface area contributed by atoms with E-state index in [1.807, 2.05) is 6.92 Å². The average molecular weight is 222 g/mol. The Kier molecular flexibility index (Phi) is 3.31. The summed E-state index contributed by atoms with van der Waals surface area (Å²) in [6, 6.07) is 6.72. The second-order valence-electron chi connectivity index (χ2n) is 4.19. The van der Waals surface area contributed by atoms with Gasteiger partial charge in [0.25, 0.3) is 0 Å². The molecule has 1 fully saturated rings. The maximum absolute atomic E-state index is 13.4. The van der Waals surface area contributed by atoms with Crippen LogP contribution in [0.25, 0.3) is 0 Å². The molecule has 2 rings (SSSR count). The van der Waals surface area contributed by atoms with Crippen molar-refractivity contribution in [3.8, 4) is 0 Å². The van der Waals surface area contributed by atoms with Crippen LogP contribution in [0.15, 0.2) is 24.3 Å². The van der Waals surface area contributed by atoms with Crippen molar-refractivity contribution < 1.29 is 9.18 Å². The largest absolute Gasteiger partial charge is 0.303 e. The highest BCUT2D eigenvalue weighted by Gasteiger charge is 2.32. The van der Waals surface area contributed by atoms with Crippen LogP contribution in [0.2, 0.25) is 0 Å². The molecule has 1 heterocycles. The van der Waals surface area contributed by atoms with Crippen LogP contribution in [-0.2, 0) is 11.2 Å². The molecule has 86 valence electrons. The van der Waals surface area contributed by atoms with E-state index < -0.39 is 0 Å². The van der Waals surface area contributed by atoms with E-state index >= 15 is 0 Å². The van der Waals surface area contributed by atoms with Crippen molar-refractivity contribution in [2.45, 2.75) is 25.4 Å². The Hall–Kier alpha value is -1.26. The first-order valence-corrected chi connectivity index (χ1v) is 5.42. The summed E-state index contributed by atoms with van der Waals surface area (Å²) in [5.41, 5.74) is 6.68. The van der Waals surface area contributed by atoms with Crippen molar-refractivity contribution >= 4 is 6.29 Å². The van der Waals surface area contributed by atoms with Crippen molar-refractivity contribution in [2.24, 2.45) is 5.92 Å². The van der Waals surface area contributed by atoms with E-state index in [-0.39, 0.29) is 23.8 Å². The zero-order chi connectivity index (χ0) is 11.5. The van der Waals surface area contributed by atoms with Crippen LogP contribution in [0.3, 0.4) is 0 Å². The number of halogens is 1. The summed E-state index contributed by atoms with van der Waals surface area (Å²) in [5, 5.41) is 0. The topological polar surface area (TPSA) is 41.1 Å². The molecule has 3 atom stereocenters. The van der Waals surface area contributed by atoms with Gasteiger partial charge in [0, 0.05) is 18.0 Å². The van der Waals surface area contributed by atoms with Crippen LogP contribution in [0.5, 0.6) is 0 Å². The predicted octanol–water partition coefficient (Wildman–Crippen LogP) is 1.05. The van der Waals surface area contributed by atoms with Crippen molar-refractivity contribution in [2.75, 3.05) is 0 Å². The molecule has 1 aliphatic heterocycles. The Morgan fingerprint density at radius 2 is 2.12 bits per heavy atom. The van der Waals surface area contributed by atoms with Crippen molar-refractivity contribution in [1.82, 2.24) is 10.9 Å². The predicted molar refractivity (Wildman–Crippen MR) is 59.2 cm³/mol. The lowest BCUT2D eigenvalue weighted by atomic mass is 9.92. The molecule has 1 aliphatic rings. The van der Waals surface area contributed by atoms with Gasteiger partial charge in [0.15, 0.2) is 0 Å². The van der Waals surface area contributed by atoms with Crippen LogP contribution >= 0.6 is 0 Å². The molecule has 1 saturated heterocycles. The Balaban J connectivity index is 2.10. The SMILES string of the molecule is CC1NNC(Cc2ccccc2F)C1C=O. The van der Waals surface area contributed by atoms with Gasteiger partial charge in [-0.3, -0.25) is 10.9 Å². The molecule has 0 saturated carbocycles. The molecule has 0 radical (unpaired) electrons. The van der Waals surface area contributed by atoms with Gasteiger partial charge in [0.05, 0.1) is 0 Å². The molecule has 0 aliphatic carbocycles. The van der Waals surface area contributed by atoms with Crippen molar-refractivity contribution in [3.05, 3.63) is 35.6 Å². The van der Waals surface area contributed by atoms with Crippen LogP contribution in [0.4, 0.5) is 4.39 Å². The first-order chi connectivity index (χ1) is 7.72. The summed E-state index contributed by atoms with van der Waals surface area (Å²) in [5.74, 6) is -0.326. The Morgan fingerprint density at radius 3 is 2.81 bits per heavy atom. The maximum atomic E-state index is 13.4. The fraction of sp³-hybridized carbons (Fsp3) is 0.417. The second-order valence-corrected chi connectivity index (χ2v) is 4.19. The number of rotatable bonds is 3. The van der Waals surface area contributed by atoms with E-state index in [9.17, 15) is 9.18 Å². The lowest BCUT2D eigenvalue weighted by molar-refractivity contribution is -0.111. The molecular formula is C12H15FN2O. The first kappa shape index (κ1) is 11.2. The quantitative estimate of drug-likeness (QED) is 0.751. The van der Waals surface area contributed by atoms with E-state index in [4.69, 9.17) is 0 Å². The van der Waals surface area contributed by atoms with Gasteiger partial charge >= 0.3 is 0 Å². The fourth-order valence-corrected chi connectivity index (χ4v) is 2.08. The minimum Gasteiger partial charge on any atom is -0.303 e. The molecule has 0 bridgehead atoms. The maximum Gasteiger partial charge on any atom is 0.126 e. The Labute approximate surface area is 94.0 Å². The first-order valence-electron chi connectivity index (χ1n) is 5.42. The summed E-state index contributed by atoms with van der Waals surface area (Å²) in [6.07, 6.45) is 1.45. The van der Waals surface area contributed by atoms with Gasteiger partial charge in [-0.2, -0.15) is 0 Å². The molecule has 2 N–H and O–H groups in total. The molecule has 3 unspecified atom stereocenters. The molecule has 16 heavy (non-hydrogen) atoms. The molecule has 0 aromatic heterocycles. The summed E-state index contributed by atoms with van der Waals surface area (Å²) >= 11 is 0. The van der Waals surface area contributed by atoms with Crippen LogP contribution in [0, 0.1) is 11.7 Å². The monoisotopic (exact) mass is 222 g/mol. The number of hydrogen-bond donors (Lipinski definition) is 2. The van der Waals surface area contributed by atoms with Crippen molar-refractivity contribution in [1.29, 1.82) is 0 Å². The summed E-state index contributed by atoms with van der Waals surface area (Å²) in [7, 11) is 0. The summed E-state index contributed by atoms with van der Waals surface area (Å²) < 4.78 is 13.4. The molecule has 4 heteroatoms. The highest BCUT2D eigenvalue weighted by molar-refractivity contribution is 5.57. The number of aldehydes is 1. The van der Waals surface area contributed by atoms with Crippen LogP contribution in [-0.4, -0.2) is 18.4 Å². The smallest absolute Gasteiger partial charge is 0.126 e. The molecule has 0 spiro atoms. The van der Waals surface area contributed by atoms with Gasteiger partial charge in [-0.15, -0.1) is 0 Å². The van der Waals surface area contributed by atoms with Gasteiger partial charge in [-0.25, -0.2) is 4.39 Å². The van der Waals surface area contributed by atoms with Crippen LogP contribution < -0.4 is 10.9 Å². The number of nitrogens with one attached hydrogen (secondary N) is 2. The van der Waals surface area contributed by atoms with Crippen molar-refractivity contribution in [3.63, 3.8) is 0 Å². The molecule has 1 aromatic carbocycles. The van der Waals surface area contributed by atoms with E-state index in [1.54, 1.807) is 18.2 Å².